The first kappa shape index (κ1) is 13.9. The lowest BCUT2D eigenvalue weighted by molar-refractivity contribution is -0.134. The van der Waals surface area contributed by atoms with Crippen molar-refractivity contribution in [2.24, 2.45) is 0 Å². The molecule has 0 saturated carbocycles. The van der Waals surface area contributed by atoms with Crippen LogP contribution in [0.1, 0.15) is 5.56 Å². The van der Waals surface area contributed by atoms with Gasteiger partial charge in [0.1, 0.15) is 5.75 Å². The van der Waals surface area contributed by atoms with E-state index in [9.17, 15) is 4.79 Å². The molecular weight excluding hydrogens is 236 g/mol. The normalized spacial score (nSPS) is 10.2. The monoisotopic (exact) mass is 252 g/mol. The van der Waals surface area contributed by atoms with Gasteiger partial charge in [-0.25, -0.2) is 4.79 Å². The number of rotatable bonds is 5. The van der Waals surface area contributed by atoms with E-state index in [1.165, 1.54) is 27.4 Å². The topological polar surface area (TPSA) is 54.0 Å². The first-order chi connectivity index (χ1) is 8.65. The number of ether oxygens (including phenoxy) is 4. The maximum Gasteiger partial charge on any atom is 0.330 e. The Morgan fingerprint density at radius 2 is 1.50 bits per heavy atom. The number of carbonyl (C=O) groups excluding carboxylic acids is 1. The Labute approximate surface area is 106 Å². The minimum absolute atomic E-state index is 0.438. The average molecular weight is 252 g/mol. The van der Waals surface area contributed by atoms with Gasteiger partial charge in [-0.3, -0.25) is 0 Å². The second-order valence-corrected chi connectivity index (χ2v) is 3.31. The summed E-state index contributed by atoms with van der Waals surface area (Å²) < 4.78 is 20.1. The van der Waals surface area contributed by atoms with E-state index in [0.29, 0.717) is 22.8 Å². The molecule has 0 bridgehead atoms. The van der Waals surface area contributed by atoms with E-state index in [-0.39, 0.29) is 0 Å². The molecule has 5 heteroatoms. The van der Waals surface area contributed by atoms with Crippen LogP contribution in [0.25, 0.3) is 6.08 Å². The Bertz CT molecular complexity index is 451. The molecule has 0 aliphatic rings. The standard InChI is InChI=1S/C13H16O5/c1-15-10-8-12(17-3)11(16-2)7-9(10)5-6-13(14)18-4/h5-8H,1-4H3. The van der Waals surface area contributed by atoms with Crippen molar-refractivity contribution in [3.05, 3.63) is 23.8 Å². The van der Waals surface area contributed by atoms with Gasteiger partial charge in [0.25, 0.3) is 0 Å². The number of esters is 1. The molecule has 0 aliphatic heterocycles. The number of methoxy groups -OCH3 is 4. The van der Waals surface area contributed by atoms with Gasteiger partial charge in [-0.1, -0.05) is 0 Å². The van der Waals surface area contributed by atoms with E-state index in [1.54, 1.807) is 25.3 Å². The first-order valence-corrected chi connectivity index (χ1v) is 5.22. The van der Waals surface area contributed by atoms with Crippen molar-refractivity contribution in [1.82, 2.24) is 0 Å². The fourth-order valence-electron chi connectivity index (χ4n) is 1.41. The summed E-state index contributed by atoms with van der Waals surface area (Å²) in [5.74, 6) is 1.26. The highest BCUT2D eigenvalue weighted by molar-refractivity contribution is 5.87. The van der Waals surface area contributed by atoms with Crippen LogP contribution in [0.3, 0.4) is 0 Å². The maximum atomic E-state index is 11.1. The van der Waals surface area contributed by atoms with E-state index in [4.69, 9.17) is 14.2 Å². The highest BCUT2D eigenvalue weighted by atomic mass is 16.5. The van der Waals surface area contributed by atoms with Gasteiger partial charge in [-0.05, 0) is 12.1 Å². The van der Waals surface area contributed by atoms with Gasteiger partial charge in [0.15, 0.2) is 11.5 Å². The zero-order valence-corrected chi connectivity index (χ0v) is 10.9. The Kier molecular flexibility index (Phi) is 5.05. The van der Waals surface area contributed by atoms with Crippen LogP contribution in [0.4, 0.5) is 0 Å². The molecule has 0 spiro atoms. The smallest absolute Gasteiger partial charge is 0.330 e. The van der Waals surface area contributed by atoms with E-state index in [0.717, 1.165) is 0 Å². The highest BCUT2D eigenvalue weighted by Crippen LogP contribution is 2.35. The van der Waals surface area contributed by atoms with Crippen molar-refractivity contribution in [3.63, 3.8) is 0 Å². The summed E-state index contributed by atoms with van der Waals surface area (Å²) in [7, 11) is 5.94. The zero-order valence-electron chi connectivity index (χ0n) is 10.9. The zero-order chi connectivity index (χ0) is 13.5. The molecule has 1 aromatic carbocycles. The van der Waals surface area contributed by atoms with Crippen LogP contribution in [-0.4, -0.2) is 34.4 Å². The number of carbonyl (C=O) groups is 1. The summed E-state index contributed by atoms with van der Waals surface area (Å²) in [5, 5.41) is 0. The fourth-order valence-corrected chi connectivity index (χ4v) is 1.41. The molecule has 0 fully saturated rings. The van der Waals surface area contributed by atoms with Crippen molar-refractivity contribution in [3.8, 4) is 17.2 Å². The summed E-state index contributed by atoms with van der Waals surface area (Å²) in [6.45, 7) is 0. The van der Waals surface area contributed by atoms with Gasteiger partial charge in [0, 0.05) is 17.7 Å². The second-order valence-electron chi connectivity index (χ2n) is 3.31. The molecule has 0 aliphatic carbocycles. The van der Waals surface area contributed by atoms with E-state index in [2.05, 4.69) is 4.74 Å². The van der Waals surface area contributed by atoms with Crippen molar-refractivity contribution in [2.75, 3.05) is 28.4 Å². The van der Waals surface area contributed by atoms with Gasteiger partial charge >= 0.3 is 5.97 Å². The van der Waals surface area contributed by atoms with Crippen LogP contribution >= 0.6 is 0 Å². The summed E-state index contributed by atoms with van der Waals surface area (Å²) >= 11 is 0. The van der Waals surface area contributed by atoms with Gasteiger partial charge in [-0.15, -0.1) is 0 Å². The molecule has 0 heterocycles. The predicted molar refractivity (Wildman–Crippen MR) is 67.1 cm³/mol. The third-order valence-electron chi connectivity index (χ3n) is 2.34. The average Bonchev–Trinajstić information content (AvgIpc) is 2.43. The van der Waals surface area contributed by atoms with Crippen molar-refractivity contribution < 1.29 is 23.7 Å². The summed E-state index contributed by atoms with van der Waals surface area (Å²) in [4.78, 5) is 11.1. The maximum absolute atomic E-state index is 11.1. The van der Waals surface area contributed by atoms with Crippen molar-refractivity contribution >= 4 is 12.0 Å². The second kappa shape index (κ2) is 6.54. The van der Waals surface area contributed by atoms with Crippen LogP contribution in [0.5, 0.6) is 17.2 Å². The van der Waals surface area contributed by atoms with Crippen LogP contribution in [0, 0.1) is 0 Å². The molecule has 0 unspecified atom stereocenters. The lowest BCUT2D eigenvalue weighted by atomic mass is 10.1. The van der Waals surface area contributed by atoms with Crippen LogP contribution in [0.15, 0.2) is 18.2 Å². The molecule has 1 rings (SSSR count). The van der Waals surface area contributed by atoms with Crippen LogP contribution < -0.4 is 14.2 Å². The summed E-state index contributed by atoms with van der Waals surface area (Å²) in [5.41, 5.74) is 0.695. The molecule has 0 amide bonds. The predicted octanol–water partition coefficient (Wildman–Crippen LogP) is 1.90. The number of hydrogen-bond acceptors (Lipinski definition) is 5. The molecule has 18 heavy (non-hydrogen) atoms. The number of hydrogen-bond donors (Lipinski definition) is 0. The fraction of sp³-hybridized carbons (Fsp3) is 0.308. The quantitative estimate of drug-likeness (QED) is 0.591. The Morgan fingerprint density at radius 1 is 0.944 bits per heavy atom. The van der Waals surface area contributed by atoms with Crippen LogP contribution in [-0.2, 0) is 9.53 Å². The van der Waals surface area contributed by atoms with Gasteiger partial charge < -0.3 is 18.9 Å². The lowest BCUT2D eigenvalue weighted by Crippen LogP contribution is -1.96. The van der Waals surface area contributed by atoms with Crippen molar-refractivity contribution in [1.29, 1.82) is 0 Å². The minimum Gasteiger partial charge on any atom is -0.496 e. The lowest BCUT2D eigenvalue weighted by Gasteiger charge is -2.11. The molecule has 0 saturated heterocycles. The van der Waals surface area contributed by atoms with Crippen LogP contribution in [0.2, 0.25) is 0 Å². The van der Waals surface area contributed by atoms with E-state index < -0.39 is 5.97 Å². The Hall–Kier alpha value is -2.17. The first-order valence-electron chi connectivity index (χ1n) is 5.22. The summed E-state index contributed by atoms with van der Waals surface area (Å²) in [6, 6.07) is 3.41. The summed E-state index contributed by atoms with van der Waals surface area (Å²) in [6.07, 6.45) is 2.90. The third-order valence-corrected chi connectivity index (χ3v) is 2.34. The molecule has 0 aromatic heterocycles. The molecule has 0 N–H and O–H groups in total. The number of benzene rings is 1. The molecule has 1 aromatic rings. The van der Waals surface area contributed by atoms with E-state index >= 15 is 0 Å². The van der Waals surface area contributed by atoms with Gasteiger partial charge in [0.2, 0.25) is 0 Å². The highest BCUT2D eigenvalue weighted by Gasteiger charge is 2.10. The Morgan fingerprint density at radius 3 is 2.00 bits per heavy atom. The van der Waals surface area contributed by atoms with Crippen molar-refractivity contribution in [2.45, 2.75) is 0 Å². The molecular formula is C13H16O5. The van der Waals surface area contributed by atoms with Gasteiger partial charge in [0.05, 0.1) is 28.4 Å². The molecule has 98 valence electrons. The molecule has 0 atom stereocenters. The van der Waals surface area contributed by atoms with E-state index in [1.807, 2.05) is 0 Å². The Balaban J connectivity index is 3.17. The largest absolute Gasteiger partial charge is 0.496 e. The SMILES string of the molecule is COC(=O)C=Cc1cc(OC)c(OC)cc1OC. The van der Waals surface area contributed by atoms with Gasteiger partial charge in [-0.2, -0.15) is 0 Å². The molecule has 0 radical (unpaired) electrons. The molecule has 5 nitrogen and oxygen atoms in total. The third kappa shape index (κ3) is 3.16. The minimum atomic E-state index is -0.438.